The van der Waals surface area contributed by atoms with E-state index in [-0.39, 0.29) is 17.4 Å². The second-order valence-corrected chi connectivity index (χ2v) is 5.32. The summed E-state index contributed by atoms with van der Waals surface area (Å²) in [6.07, 6.45) is 2.70. The molecular formula is C18H14F2N4O. The zero-order chi connectivity index (χ0) is 17.8. The smallest absolute Gasteiger partial charge is 0.258 e. The summed E-state index contributed by atoms with van der Waals surface area (Å²) in [7, 11) is 0. The zero-order valence-corrected chi connectivity index (χ0v) is 13.3. The molecule has 0 unspecified atom stereocenters. The Labute approximate surface area is 142 Å². The second-order valence-electron chi connectivity index (χ2n) is 5.32. The van der Waals surface area contributed by atoms with Gasteiger partial charge < -0.3 is 10.6 Å². The van der Waals surface area contributed by atoms with Gasteiger partial charge in [0.05, 0.1) is 5.56 Å². The summed E-state index contributed by atoms with van der Waals surface area (Å²) in [6.45, 7) is 1.89. The number of nitrogens with zero attached hydrogens (tertiary/aromatic N) is 2. The van der Waals surface area contributed by atoms with Crippen LogP contribution in [0.25, 0.3) is 0 Å². The molecule has 3 rings (SSSR count). The maximum Gasteiger partial charge on any atom is 0.258 e. The number of benzene rings is 2. The van der Waals surface area contributed by atoms with Gasteiger partial charge in [-0.3, -0.25) is 4.79 Å². The number of para-hydroxylation sites is 1. The summed E-state index contributed by atoms with van der Waals surface area (Å²) in [5.41, 5.74) is 2.22. The number of aromatic nitrogens is 2. The minimum absolute atomic E-state index is 0.165. The van der Waals surface area contributed by atoms with Gasteiger partial charge in [0, 0.05) is 29.8 Å². The van der Waals surface area contributed by atoms with Gasteiger partial charge in [-0.15, -0.1) is 0 Å². The maximum atomic E-state index is 13.2. The summed E-state index contributed by atoms with van der Waals surface area (Å²) in [6, 6.07) is 10.8. The fourth-order valence-corrected chi connectivity index (χ4v) is 2.12. The molecule has 0 atom stereocenters. The van der Waals surface area contributed by atoms with E-state index in [0.717, 1.165) is 17.7 Å². The Bertz CT molecular complexity index is 913. The number of aryl methyl sites for hydroxylation is 1. The van der Waals surface area contributed by atoms with Crippen LogP contribution in [-0.2, 0) is 0 Å². The highest BCUT2D eigenvalue weighted by Gasteiger charge is 2.09. The van der Waals surface area contributed by atoms with Gasteiger partial charge in [-0.05, 0) is 30.7 Å². The van der Waals surface area contributed by atoms with Crippen molar-refractivity contribution in [1.82, 2.24) is 9.97 Å². The summed E-state index contributed by atoms with van der Waals surface area (Å²) in [5, 5.41) is 5.52. The normalized spacial score (nSPS) is 10.4. The molecule has 0 saturated carbocycles. The number of rotatable bonds is 4. The van der Waals surface area contributed by atoms with Gasteiger partial charge in [0.25, 0.3) is 5.91 Å². The minimum atomic E-state index is -0.973. The Balaban J connectivity index is 1.70. The minimum Gasteiger partial charge on any atom is -0.324 e. The van der Waals surface area contributed by atoms with Gasteiger partial charge in [0.1, 0.15) is 0 Å². The van der Waals surface area contributed by atoms with Crippen LogP contribution in [0.4, 0.5) is 26.1 Å². The van der Waals surface area contributed by atoms with E-state index in [4.69, 9.17) is 0 Å². The standard InChI is InChI=1S/C18H14F2N4O/c1-11-4-2-3-5-16(11)24-17(25)12-9-21-18(22-10-12)23-13-6-7-14(19)15(20)8-13/h2-10H,1H3,(H,24,25)(H,21,22,23). The van der Waals surface area contributed by atoms with E-state index >= 15 is 0 Å². The fourth-order valence-electron chi connectivity index (χ4n) is 2.12. The van der Waals surface area contributed by atoms with Gasteiger partial charge in [-0.2, -0.15) is 0 Å². The van der Waals surface area contributed by atoms with E-state index in [1.54, 1.807) is 6.07 Å². The van der Waals surface area contributed by atoms with Gasteiger partial charge in [-0.1, -0.05) is 18.2 Å². The van der Waals surface area contributed by atoms with Crippen molar-refractivity contribution in [3.05, 3.63) is 77.6 Å². The number of hydrogen-bond acceptors (Lipinski definition) is 4. The molecule has 1 heterocycles. The maximum absolute atomic E-state index is 13.2. The molecule has 0 aliphatic carbocycles. The molecule has 0 fully saturated rings. The lowest BCUT2D eigenvalue weighted by molar-refractivity contribution is 0.102. The third-order valence-corrected chi connectivity index (χ3v) is 3.48. The molecular weight excluding hydrogens is 326 g/mol. The summed E-state index contributed by atoms with van der Waals surface area (Å²) in [4.78, 5) is 20.2. The fraction of sp³-hybridized carbons (Fsp3) is 0.0556. The van der Waals surface area contributed by atoms with Crippen LogP contribution in [0, 0.1) is 18.6 Å². The molecule has 2 aromatic carbocycles. The first-order valence-electron chi connectivity index (χ1n) is 7.44. The number of nitrogens with one attached hydrogen (secondary N) is 2. The predicted octanol–water partition coefficient (Wildman–Crippen LogP) is 4.06. The summed E-state index contributed by atoms with van der Waals surface area (Å²) < 4.78 is 26.1. The highest BCUT2D eigenvalue weighted by Crippen LogP contribution is 2.17. The molecule has 0 radical (unpaired) electrons. The second kappa shape index (κ2) is 7.04. The van der Waals surface area contributed by atoms with E-state index in [9.17, 15) is 13.6 Å². The van der Waals surface area contributed by atoms with Crippen LogP contribution in [0.1, 0.15) is 15.9 Å². The van der Waals surface area contributed by atoms with E-state index < -0.39 is 11.6 Å². The molecule has 1 amide bonds. The van der Waals surface area contributed by atoms with Crippen LogP contribution in [0.15, 0.2) is 54.9 Å². The van der Waals surface area contributed by atoms with Gasteiger partial charge in [0.15, 0.2) is 11.6 Å². The molecule has 0 bridgehead atoms. The summed E-state index contributed by atoms with van der Waals surface area (Å²) in [5.74, 6) is -2.08. The van der Waals surface area contributed by atoms with Crippen molar-refractivity contribution in [3.63, 3.8) is 0 Å². The van der Waals surface area contributed by atoms with Crippen LogP contribution in [0.2, 0.25) is 0 Å². The molecule has 5 nitrogen and oxygen atoms in total. The molecule has 0 saturated heterocycles. The first kappa shape index (κ1) is 16.5. The molecule has 0 aliphatic rings. The first-order chi connectivity index (χ1) is 12.0. The van der Waals surface area contributed by atoms with Gasteiger partial charge >= 0.3 is 0 Å². The monoisotopic (exact) mass is 340 g/mol. The largest absolute Gasteiger partial charge is 0.324 e. The molecule has 0 spiro atoms. The van der Waals surface area contributed by atoms with Crippen molar-refractivity contribution in [2.45, 2.75) is 6.92 Å². The summed E-state index contributed by atoms with van der Waals surface area (Å²) >= 11 is 0. The average Bonchev–Trinajstić information content (AvgIpc) is 2.61. The number of carbonyl (C=O) groups is 1. The van der Waals surface area contributed by atoms with Crippen molar-refractivity contribution in [3.8, 4) is 0 Å². The number of anilines is 3. The molecule has 3 aromatic rings. The lowest BCUT2D eigenvalue weighted by atomic mass is 10.2. The van der Waals surface area contributed by atoms with Crippen molar-refractivity contribution < 1.29 is 13.6 Å². The SMILES string of the molecule is Cc1ccccc1NC(=O)c1cnc(Nc2ccc(F)c(F)c2)nc1. The Morgan fingerprint density at radius 3 is 2.40 bits per heavy atom. The topological polar surface area (TPSA) is 66.9 Å². The van der Waals surface area contributed by atoms with Crippen LogP contribution >= 0.6 is 0 Å². The third kappa shape index (κ3) is 3.95. The predicted molar refractivity (Wildman–Crippen MR) is 90.8 cm³/mol. The quantitative estimate of drug-likeness (QED) is 0.752. The van der Waals surface area contributed by atoms with E-state index in [2.05, 4.69) is 20.6 Å². The van der Waals surface area contributed by atoms with Crippen molar-refractivity contribution in [2.75, 3.05) is 10.6 Å². The van der Waals surface area contributed by atoms with Crippen LogP contribution < -0.4 is 10.6 Å². The number of carbonyl (C=O) groups excluding carboxylic acids is 1. The number of hydrogen-bond donors (Lipinski definition) is 2. The molecule has 7 heteroatoms. The van der Waals surface area contributed by atoms with E-state index in [1.165, 1.54) is 18.5 Å². The highest BCUT2D eigenvalue weighted by molar-refractivity contribution is 6.04. The Morgan fingerprint density at radius 1 is 1.00 bits per heavy atom. The Kier molecular flexibility index (Phi) is 4.65. The van der Waals surface area contributed by atoms with Crippen LogP contribution in [-0.4, -0.2) is 15.9 Å². The van der Waals surface area contributed by atoms with Crippen LogP contribution in [0.5, 0.6) is 0 Å². The van der Waals surface area contributed by atoms with Crippen LogP contribution in [0.3, 0.4) is 0 Å². The van der Waals surface area contributed by atoms with Gasteiger partial charge in [-0.25, -0.2) is 18.7 Å². The van der Waals surface area contributed by atoms with Crippen molar-refractivity contribution >= 4 is 23.2 Å². The zero-order valence-electron chi connectivity index (χ0n) is 13.3. The highest BCUT2D eigenvalue weighted by atomic mass is 19.2. The van der Waals surface area contributed by atoms with Gasteiger partial charge in [0.2, 0.25) is 5.95 Å². The lowest BCUT2D eigenvalue weighted by Crippen LogP contribution is -2.13. The number of halogens is 2. The Morgan fingerprint density at radius 2 is 1.72 bits per heavy atom. The third-order valence-electron chi connectivity index (χ3n) is 3.48. The first-order valence-corrected chi connectivity index (χ1v) is 7.44. The van der Waals surface area contributed by atoms with E-state index in [0.29, 0.717) is 11.4 Å². The van der Waals surface area contributed by atoms with Crippen molar-refractivity contribution in [2.24, 2.45) is 0 Å². The lowest BCUT2D eigenvalue weighted by Gasteiger charge is -2.08. The van der Waals surface area contributed by atoms with E-state index in [1.807, 2.05) is 25.1 Å². The molecule has 25 heavy (non-hydrogen) atoms. The molecule has 2 N–H and O–H groups in total. The van der Waals surface area contributed by atoms with Crippen molar-refractivity contribution in [1.29, 1.82) is 0 Å². The average molecular weight is 340 g/mol. The molecule has 1 aromatic heterocycles. The Hall–Kier alpha value is -3.35. The number of amides is 1. The molecule has 126 valence electrons. The molecule has 0 aliphatic heterocycles.